The molecule has 9 nitrogen and oxygen atoms in total. The van der Waals surface area contributed by atoms with Gasteiger partial charge in [0, 0.05) is 18.8 Å². The molecule has 1 aliphatic rings. The largest absolute Gasteiger partial charge is 0.479 e. The number of hydrogen-bond donors (Lipinski definition) is 3. The van der Waals surface area contributed by atoms with Crippen LogP contribution in [0.4, 0.5) is 0 Å². The Labute approximate surface area is 177 Å². The minimum atomic E-state index is -3.35. The fourth-order valence-electron chi connectivity index (χ4n) is 2.75. The molecule has 2 aromatic carbocycles. The maximum Gasteiger partial charge on any atom is 0.360 e. The number of aliphatic hydroxyl groups excluding tert-OH is 1. The number of aliphatic carboxylic acids is 2. The van der Waals surface area contributed by atoms with Crippen LogP contribution >= 0.6 is 0 Å². The monoisotopic (exact) mass is 430 g/mol. The van der Waals surface area contributed by atoms with Crippen molar-refractivity contribution in [3.63, 3.8) is 0 Å². The number of benzene rings is 2. The van der Waals surface area contributed by atoms with Crippen molar-refractivity contribution in [2.24, 2.45) is 0 Å². The third kappa shape index (κ3) is 5.74. The first-order valence-corrected chi connectivity index (χ1v) is 9.41. The minimum Gasteiger partial charge on any atom is -0.479 e. The van der Waals surface area contributed by atoms with Crippen LogP contribution in [0.15, 0.2) is 60.7 Å². The molecule has 3 rings (SSSR count). The highest BCUT2D eigenvalue weighted by Gasteiger charge is 2.59. The van der Waals surface area contributed by atoms with Gasteiger partial charge in [-0.1, -0.05) is 48.5 Å². The average Bonchev–Trinajstić information content (AvgIpc) is 3.37. The Kier molecular flexibility index (Phi) is 8.42. The van der Waals surface area contributed by atoms with Gasteiger partial charge in [0.25, 0.3) is 0 Å². The first-order chi connectivity index (χ1) is 14.8. The second-order valence-electron chi connectivity index (χ2n) is 6.55. The van der Waals surface area contributed by atoms with Gasteiger partial charge in [-0.25, -0.2) is 14.4 Å². The lowest BCUT2D eigenvalue weighted by atomic mass is 9.87. The van der Waals surface area contributed by atoms with Crippen LogP contribution in [0, 0.1) is 0 Å². The Balaban J connectivity index is 0.000000597. The smallest absolute Gasteiger partial charge is 0.360 e. The molecule has 1 aliphatic heterocycles. The van der Waals surface area contributed by atoms with E-state index < -0.39 is 35.4 Å². The molecular formula is C22H22O9. The number of ketones is 1. The van der Waals surface area contributed by atoms with Crippen molar-refractivity contribution in [1.82, 2.24) is 0 Å². The Hall–Kier alpha value is -3.56. The normalized spacial score (nSPS) is 15.5. The standard InChI is InChI=1S/C18H14O8.C4H8O/c19-13(11-7-3-1-4-8-11)18(17(24)25,14(20)15(21)22)26-16(23)12-9-5-2-6-10-12;1-2-4-5-3-1/h1-10,14,20H,(H,21,22)(H,24,25);1-4H2. The molecule has 2 aromatic rings. The van der Waals surface area contributed by atoms with Crippen LogP contribution in [0.1, 0.15) is 33.6 Å². The average molecular weight is 430 g/mol. The van der Waals surface area contributed by atoms with E-state index in [1.165, 1.54) is 61.4 Å². The maximum absolute atomic E-state index is 12.7. The first kappa shape index (κ1) is 23.7. The molecule has 0 bridgehead atoms. The Bertz CT molecular complexity index is 899. The lowest BCUT2D eigenvalue weighted by Crippen LogP contribution is -2.61. The van der Waals surface area contributed by atoms with Crippen molar-refractivity contribution in [2.75, 3.05) is 13.2 Å². The Morgan fingerprint density at radius 2 is 1.32 bits per heavy atom. The number of carboxylic acids is 2. The molecule has 0 aliphatic carbocycles. The van der Waals surface area contributed by atoms with E-state index in [4.69, 9.17) is 14.6 Å². The molecular weight excluding hydrogens is 408 g/mol. The van der Waals surface area contributed by atoms with Crippen LogP contribution in [-0.2, 0) is 19.1 Å². The van der Waals surface area contributed by atoms with E-state index in [1.807, 2.05) is 0 Å². The third-order valence-corrected chi connectivity index (χ3v) is 4.40. The number of carbonyl (C=O) groups excluding carboxylic acids is 2. The van der Waals surface area contributed by atoms with Crippen LogP contribution in [0.2, 0.25) is 0 Å². The highest BCUT2D eigenvalue weighted by Crippen LogP contribution is 2.26. The highest BCUT2D eigenvalue weighted by atomic mass is 16.6. The predicted molar refractivity (Wildman–Crippen MR) is 107 cm³/mol. The summed E-state index contributed by atoms with van der Waals surface area (Å²) in [5.41, 5.74) is -3.70. The number of carbonyl (C=O) groups is 4. The molecule has 0 radical (unpaired) electrons. The molecule has 0 saturated carbocycles. The van der Waals surface area contributed by atoms with Gasteiger partial charge in [-0.3, -0.25) is 4.79 Å². The highest BCUT2D eigenvalue weighted by molar-refractivity contribution is 6.19. The van der Waals surface area contributed by atoms with E-state index in [9.17, 15) is 29.4 Å². The number of ether oxygens (including phenoxy) is 2. The van der Waals surface area contributed by atoms with Crippen LogP contribution in [0.5, 0.6) is 0 Å². The van der Waals surface area contributed by atoms with Crippen molar-refractivity contribution >= 4 is 23.7 Å². The molecule has 164 valence electrons. The van der Waals surface area contributed by atoms with Gasteiger partial charge in [0.05, 0.1) is 5.56 Å². The second kappa shape index (κ2) is 11.0. The number of carboxylic acid groups (broad SMARTS) is 2. The zero-order valence-electron chi connectivity index (χ0n) is 16.5. The molecule has 1 saturated heterocycles. The van der Waals surface area contributed by atoms with Gasteiger partial charge in [0.15, 0.2) is 0 Å². The van der Waals surface area contributed by atoms with Crippen molar-refractivity contribution in [3.05, 3.63) is 71.8 Å². The van der Waals surface area contributed by atoms with E-state index in [-0.39, 0.29) is 11.1 Å². The number of hydrogen-bond acceptors (Lipinski definition) is 7. The van der Waals surface area contributed by atoms with Gasteiger partial charge >= 0.3 is 23.5 Å². The summed E-state index contributed by atoms with van der Waals surface area (Å²) in [6.07, 6.45) is -0.264. The summed E-state index contributed by atoms with van der Waals surface area (Å²) in [5.74, 6) is -6.77. The zero-order chi connectivity index (χ0) is 22.9. The summed E-state index contributed by atoms with van der Waals surface area (Å²) in [6, 6.07) is 13.9. The second-order valence-corrected chi connectivity index (χ2v) is 6.55. The van der Waals surface area contributed by atoms with Gasteiger partial charge in [-0.2, -0.15) is 0 Å². The minimum absolute atomic E-state index is 0.114. The zero-order valence-corrected chi connectivity index (χ0v) is 16.5. The lowest BCUT2D eigenvalue weighted by molar-refractivity contribution is -0.176. The van der Waals surface area contributed by atoms with Crippen molar-refractivity contribution in [2.45, 2.75) is 24.5 Å². The Morgan fingerprint density at radius 1 is 0.839 bits per heavy atom. The number of aliphatic hydroxyl groups is 1. The summed E-state index contributed by atoms with van der Waals surface area (Å²) in [5, 5.41) is 28.6. The third-order valence-electron chi connectivity index (χ3n) is 4.40. The summed E-state index contributed by atoms with van der Waals surface area (Å²) in [7, 11) is 0. The van der Waals surface area contributed by atoms with Gasteiger partial charge in [-0.05, 0) is 25.0 Å². The fraction of sp³-hybridized carbons (Fsp3) is 0.273. The van der Waals surface area contributed by atoms with E-state index in [0.29, 0.717) is 0 Å². The number of esters is 1. The summed E-state index contributed by atoms with van der Waals surface area (Å²) in [4.78, 5) is 48.1. The molecule has 1 heterocycles. The summed E-state index contributed by atoms with van der Waals surface area (Å²) in [6.45, 7) is 2.00. The molecule has 0 amide bonds. The van der Waals surface area contributed by atoms with Crippen LogP contribution in [0.3, 0.4) is 0 Å². The number of rotatable bonds is 7. The van der Waals surface area contributed by atoms with Gasteiger partial charge < -0.3 is 24.8 Å². The topological polar surface area (TPSA) is 147 Å². The van der Waals surface area contributed by atoms with E-state index in [0.717, 1.165) is 13.2 Å². The predicted octanol–water partition coefficient (Wildman–Crippen LogP) is 1.79. The molecule has 3 N–H and O–H groups in total. The summed E-state index contributed by atoms with van der Waals surface area (Å²) < 4.78 is 9.75. The molecule has 2 atom stereocenters. The van der Waals surface area contributed by atoms with Crippen LogP contribution in [0.25, 0.3) is 0 Å². The molecule has 1 fully saturated rings. The van der Waals surface area contributed by atoms with Gasteiger partial charge in [0.2, 0.25) is 11.9 Å². The first-order valence-electron chi connectivity index (χ1n) is 9.41. The van der Waals surface area contributed by atoms with E-state index in [1.54, 1.807) is 12.1 Å². The van der Waals surface area contributed by atoms with E-state index in [2.05, 4.69) is 0 Å². The number of Topliss-reactive ketones (excluding diaryl/α,β-unsaturated/α-hetero) is 1. The maximum atomic E-state index is 12.7. The van der Waals surface area contributed by atoms with Gasteiger partial charge in [0.1, 0.15) is 0 Å². The van der Waals surface area contributed by atoms with Crippen molar-refractivity contribution in [1.29, 1.82) is 0 Å². The molecule has 2 unspecified atom stereocenters. The van der Waals surface area contributed by atoms with Crippen molar-refractivity contribution in [3.8, 4) is 0 Å². The lowest BCUT2D eigenvalue weighted by Gasteiger charge is -2.30. The summed E-state index contributed by atoms with van der Waals surface area (Å²) >= 11 is 0. The quantitative estimate of drug-likeness (QED) is 0.340. The van der Waals surface area contributed by atoms with Crippen molar-refractivity contribution < 1.29 is 44.0 Å². The Morgan fingerprint density at radius 3 is 1.71 bits per heavy atom. The van der Waals surface area contributed by atoms with E-state index >= 15 is 0 Å². The molecule has 0 spiro atoms. The fourth-order valence-corrected chi connectivity index (χ4v) is 2.75. The van der Waals surface area contributed by atoms with Crippen LogP contribution in [-0.4, -0.2) is 63.9 Å². The van der Waals surface area contributed by atoms with Crippen LogP contribution < -0.4 is 0 Å². The van der Waals surface area contributed by atoms with Gasteiger partial charge in [-0.15, -0.1) is 0 Å². The SMILES string of the molecule is C1CCOC1.O=C(OC(C(=O)O)(C(=O)c1ccccc1)C(O)C(=O)O)c1ccccc1. The molecule has 31 heavy (non-hydrogen) atoms. The molecule has 9 heteroatoms. The molecule has 0 aromatic heterocycles.